The second-order valence-corrected chi connectivity index (χ2v) is 8.37. The lowest BCUT2D eigenvalue weighted by Gasteiger charge is -2.20. The monoisotopic (exact) mass is 475 g/mol. The molecule has 0 aliphatic carbocycles. The van der Waals surface area contributed by atoms with Gasteiger partial charge in [-0.15, -0.1) is 0 Å². The molecule has 0 saturated heterocycles. The Balaban J connectivity index is 1.42. The Morgan fingerprint density at radius 1 is 0.861 bits per heavy atom. The van der Waals surface area contributed by atoms with E-state index in [1.54, 1.807) is 30.0 Å². The largest absolute Gasteiger partial charge is 0.462 e. The molecule has 0 radical (unpaired) electrons. The van der Waals surface area contributed by atoms with E-state index in [9.17, 15) is 9.59 Å². The Labute approximate surface area is 209 Å². The van der Waals surface area contributed by atoms with E-state index in [2.05, 4.69) is 0 Å². The molecule has 0 saturated carbocycles. The molecule has 1 aromatic heterocycles. The number of hydrogen-bond acceptors (Lipinski definition) is 4. The van der Waals surface area contributed by atoms with Crippen LogP contribution in [0.3, 0.4) is 0 Å². The first-order valence-corrected chi connectivity index (χ1v) is 11.8. The van der Waals surface area contributed by atoms with Crippen molar-refractivity contribution in [2.24, 2.45) is 0 Å². The highest BCUT2D eigenvalue weighted by atomic mass is 16.5. The van der Waals surface area contributed by atoms with Gasteiger partial charge in [0.05, 0.1) is 24.4 Å². The lowest BCUT2D eigenvalue weighted by molar-refractivity contribution is -0.123. The molecule has 0 spiro atoms. The molecule has 178 valence electrons. The van der Waals surface area contributed by atoms with Crippen molar-refractivity contribution in [1.82, 2.24) is 4.90 Å². The summed E-state index contributed by atoms with van der Waals surface area (Å²) in [6.07, 6.45) is 3.68. The first kappa shape index (κ1) is 23.1. The molecule has 5 heteroatoms. The number of carbonyl (C=O) groups excluding carboxylic acids is 2. The van der Waals surface area contributed by atoms with Gasteiger partial charge in [-0.2, -0.15) is 0 Å². The van der Waals surface area contributed by atoms with Crippen LogP contribution in [0.4, 0.5) is 0 Å². The van der Waals surface area contributed by atoms with Crippen molar-refractivity contribution in [1.29, 1.82) is 0 Å². The van der Waals surface area contributed by atoms with Crippen molar-refractivity contribution < 1.29 is 18.7 Å². The summed E-state index contributed by atoms with van der Waals surface area (Å²) in [5.74, 6) is 0.799. The van der Waals surface area contributed by atoms with Gasteiger partial charge in [-0.1, -0.05) is 72.8 Å². The topological polar surface area (TPSA) is 59.8 Å². The number of amides is 1. The molecule has 3 aromatic carbocycles. The van der Waals surface area contributed by atoms with E-state index in [-0.39, 0.29) is 11.9 Å². The zero-order valence-electron chi connectivity index (χ0n) is 19.9. The molecular formula is C31H25NO4. The second kappa shape index (κ2) is 10.3. The number of nitrogens with zero attached hydrogens (tertiary/aromatic N) is 1. The van der Waals surface area contributed by atoms with Crippen molar-refractivity contribution >= 4 is 23.6 Å². The zero-order chi connectivity index (χ0) is 24.9. The number of benzene rings is 3. The van der Waals surface area contributed by atoms with Crippen LogP contribution in [0, 0.1) is 0 Å². The fraction of sp³-hybridized carbons (Fsp3) is 0.0968. The molecule has 0 unspecified atom stereocenters. The van der Waals surface area contributed by atoms with E-state index in [1.165, 1.54) is 0 Å². The van der Waals surface area contributed by atoms with Crippen LogP contribution >= 0.6 is 0 Å². The molecule has 0 N–H and O–H groups in total. The number of ether oxygens (including phenoxy) is 1. The summed E-state index contributed by atoms with van der Waals surface area (Å²) >= 11 is 0. The van der Waals surface area contributed by atoms with Gasteiger partial charge in [0.2, 0.25) is 0 Å². The van der Waals surface area contributed by atoms with Crippen LogP contribution in [0.5, 0.6) is 0 Å². The van der Waals surface area contributed by atoms with E-state index in [1.807, 2.05) is 91.0 Å². The average molecular weight is 476 g/mol. The van der Waals surface area contributed by atoms with Crippen LogP contribution in [-0.2, 0) is 16.1 Å². The molecule has 5 rings (SSSR count). The zero-order valence-corrected chi connectivity index (χ0v) is 19.9. The van der Waals surface area contributed by atoms with Crippen LogP contribution in [0.1, 0.15) is 34.2 Å². The maximum Gasteiger partial charge on any atom is 0.338 e. The lowest BCUT2D eigenvalue weighted by atomic mass is 10.1. The van der Waals surface area contributed by atoms with Crippen LogP contribution in [0.25, 0.3) is 23.1 Å². The smallest absolute Gasteiger partial charge is 0.338 e. The Kier molecular flexibility index (Phi) is 6.63. The highest BCUT2D eigenvalue weighted by Gasteiger charge is 2.29. The quantitative estimate of drug-likeness (QED) is 0.223. The molecule has 1 aliphatic rings. The molecule has 4 aromatic rings. The van der Waals surface area contributed by atoms with Gasteiger partial charge in [-0.05, 0) is 54.5 Å². The fourth-order valence-electron chi connectivity index (χ4n) is 4.15. The SMILES string of the molecule is CCOC(=O)c1ccc(-c2ccc(/C=C3\C=C(c4ccccc4)N(Cc4ccccc4)C3=O)o2)cc1. The molecule has 1 aliphatic heterocycles. The summed E-state index contributed by atoms with van der Waals surface area (Å²) in [4.78, 5) is 27.1. The highest BCUT2D eigenvalue weighted by Crippen LogP contribution is 2.33. The Bertz CT molecular complexity index is 1430. The first-order valence-electron chi connectivity index (χ1n) is 11.8. The van der Waals surface area contributed by atoms with E-state index in [4.69, 9.17) is 9.15 Å². The number of rotatable bonds is 7. The van der Waals surface area contributed by atoms with Gasteiger partial charge in [0.25, 0.3) is 5.91 Å². The fourth-order valence-corrected chi connectivity index (χ4v) is 4.15. The standard InChI is InChI=1S/C31H25NO4/c1-2-35-31(34)25-15-13-24(14-16-25)29-18-17-27(36-29)19-26-20-28(23-11-7-4-8-12-23)32(30(26)33)21-22-9-5-3-6-10-22/h3-20H,2,21H2,1H3/b26-19+. The van der Waals surface area contributed by atoms with Gasteiger partial charge in [-0.3, -0.25) is 4.79 Å². The first-order chi connectivity index (χ1) is 17.6. The third-order valence-corrected chi connectivity index (χ3v) is 5.93. The van der Waals surface area contributed by atoms with Crippen LogP contribution in [-0.4, -0.2) is 23.4 Å². The van der Waals surface area contributed by atoms with Gasteiger partial charge in [0.15, 0.2) is 0 Å². The van der Waals surface area contributed by atoms with Gasteiger partial charge in [-0.25, -0.2) is 4.79 Å². The van der Waals surface area contributed by atoms with Crippen molar-refractivity contribution in [3.8, 4) is 11.3 Å². The molecule has 2 heterocycles. The lowest BCUT2D eigenvalue weighted by Crippen LogP contribution is -2.25. The average Bonchev–Trinajstić information content (AvgIpc) is 3.51. The molecule has 5 nitrogen and oxygen atoms in total. The third-order valence-electron chi connectivity index (χ3n) is 5.93. The third kappa shape index (κ3) is 4.91. The van der Waals surface area contributed by atoms with Crippen molar-refractivity contribution in [3.05, 3.63) is 131 Å². The number of furan rings is 1. The van der Waals surface area contributed by atoms with Gasteiger partial charge >= 0.3 is 5.97 Å². The predicted molar refractivity (Wildman–Crippen MR) is 139 cm³/mol. The maximum atomic E-state index is 13.4. The van der Waals surface area contributed by atoms with Crippen molar-refractivity contribution in [2.75, 3.05) is 6.61 Å². The minimum absolute atomic E-state index is 0.0746. The van der Waals surface area contributed by atoms with Gasteiger partial charge in [0, 0.05) is 11.1 Å². The van der Waals surface area contributed by atoms with Crippen molar-refractivity contribution in [3.63, 3.8) is 0 Å². The molecule has 1 amide bonds. The number of hydrogen-bond donors (Lipinski definition) is 0. The molecular weight excluding hydrogens is 450 g/mol. The molecule has 0 atom stereocenters. The number of esters is 1. The summed E-state index contributed by atoms with van der Waals surface area (Å²) in [6, 6.07) is 30.6. The van der Waals surface area contributed by atoms with E-state index < -0.39 is 0 Å². The van der Waals surface area contributed by atoms with E-state index in [0.717, 1.165) is 22.4 Å². The highest BCUT2D eigenvalue weighted by molar-refractivity contribution is 6.10. The van der Waals surface area contributed by atoms with Gasteiger partial charge < -0.3 is 14.1 Å². The molecule has 36 heavy (non-hydrogen) atoms. The number of carbonyl (C=O) groups is 2. The minimum atomic E-state index is -0.352. The summed E-state index contributed by atoms with van der Waals surface area (Å²) in [5, 5.41) is 0. The summed E-state index contributed by atoms with van der Waals surface area (Å²) in [6.45, 7) is 2.59. The van der Waals surface area contributed by atoms with Crippen molar-refractivity contribution in [2.45, 2.75) is 13.5 Å². The maximum absolute atomic E-state index is 13.4. The Morgan fingerprint density at radius 2 is 1.56 bits per heavy atom. The van der Waals surface area contributed by atoms with Gasteiger partial charge in [0.1, 0.15) is 11.5 Å². The van der Waals surface area contributed by atoms with E-state index in [0.29, 0.717) is 35.8 Å². The summed E-state index contributed by atoms with van der Waals surface area (Å²) < 4.78 is 11.1. The Morgan fingerprint density at radius 3 is 2.25 bits per heavy atom. The minimum Gasteiger partial charge on any atom is -0.462 e. The second-order valence-electron chi connectivity index (χ2n) is 8.37. The Hall–Kier alpha value is -4.64. The van der Waals surface area contributed by atoms with Crippen LogP contribution in [0.2, 0.25) is 0 Å². The molecule has 0 fully saturated rings. The molecule has 0 bridgehead atoms. The van der Waals surface area contributed by atoms with Crippen LogP contribution < -0.4 is 0 Å². The summed E-state index contributed by atoms with van der Waals surface area (Å²) in [5.41, 5.74) is 4.77. The predicted octanol–water partition coefficient (Wildman–Crippen LogP) is 6.59. The summed E-state index contributed by atoms with van der Waals surface area (Å²) in [7, 11) is 0. The van der Waals surface area contributed by atoms with E-state index >= 15 is 0 Å². The van der Waals surface area contributed by atoms with Crippen LogP contribution in [0.15, 0.2) is 113 Å². The normalized spacial score (nSPS) is 14.2.